The highest BCUT2D eigenvalue weighted by molar-refractivity contribution is 6.42. The third kappa shape index (κ3) is 6.40. The summed E-state index contributed by atoms with van der Waals surface area (Å²) in [6, 6.07) is 9.45. The molecule has 0 radical (unpaired) electrons. The molecule has 0 aliphatic carbocycles. The van der Waals surface area contributed by atoms with E-state index in [1.165, 1.54) is 6.07 Å². The maximum absolute atomic E-state index is 13.4. The minimum absolute atomic E-state index is 0.000950. The lowest BCUT2D eigenvalue weighted by Crippen LogP contribution is -2.35. The molecule has 0 saturated carbocycles. The number of rotatable bonds is 9. The van der Waals surface area contributed by atoms with Gasteiger partial charge in [-0.15, -0.1) is 0 Å². The van der Waals surface area contributed by atoms with Crippen molar-refractivity contribution in [3.63, 3.8) is 0 Å². The molecule has 1 atom stereocenters. The van der Waals surface area contributed by atoms with Crippen LogP contribution in [-0.2, 0) is 11.2 Å². The lowest BCUT2D eigenvalue weighted by molar-refractivity contribution is -0.121. The van der Waals surface area contributed by atoms with E-state index in [2.05, 4.69) is 15.5 Å². The van der Waals surface area contributed by atoms with E-state index in [1.807, 2.05) is 0 Å². The van der Waals surface area contributed by atoms with Crippen LogP contribution in [-0.4, -0.2) is 40.4 Å². The average Bonchev–Trinajstić information content (AvgIpc) is 3.23. The van der Waals surface area contributed by atoms with Gasteiger partial charge in [0.1, 0.15) is 29.3 Å². The standard InChI is InChI=1S/C21H20Cl2FN3O4/c1-12-9-13(5-6-16(12)24)21-26-19(31-27-21)8-7-18(29)25-10-14(28)11-30-17-4-2-3-15(22)20(17)23/h2-6,9,14,28H,7-8,10-11H2,1H3,(H,25,29). The molecule has 0 bridgehead atoms. The van der Waals surface area contributed by atoms with Crippen molar-refractivity contribution in [1.29, 1.82) is 0 Å². The maximum atomic E-state index is 13.4. The van der Waals surface area contributed by atoms with Crippen LogP contribution < -0.4 is 10.1 Å². The van der Waals surface area contributed by atoms with Crippen LogP contribution in [0.5, 0.6) is 5.75 Å². The van der Waals surface area contributed by atoms with E-state index in [1.54, 1.807) is 37.3 Å². The summed E-state index contributed by atoms with van der Waals surface area (Å²) in [6.45, 7) is 1.58. The molecule has 3 aromatic rings. The number of aromatic nitrogens is 2. The van der Waals surface area contributed by atoms with E-state index in [0.29, 0.717) is 27.7 Å². The Hall–Kier alpha value is -2.68. The van der Waals surface area contributed by atoms with Crippen LogP contribution in [0.15, 0.2) is 40.9 Å². The summed E-state index contributed by atoms with van der Waals surface area (Å²) in [5, 5.41) is 17.1. The van der Waals surface area contributed by atoms with Crippen LogP contribution in [0.2, 0.25) is 10.0 Å². The molecule has 10 heteroatoms. The van der Waals surface area contributed by atoms with Crippen molar-refractivity contribution in [3.05, 3.63) is 63.7 Å². The van der Waals surface area contributed by atoms with Gasteiger partial charge in [-0.25, -0.2) is 4.39 Å². The summed E-state index contributed by atoms with van der Waals surface area (Å²) in [7, 11) is 0. The molecule has 3 rings (SSSR count). The van der Waals surface area contributed by atoms with Gasteiger partial charge >= 0.3 is 0 Å². The lowest BCUT2D eigenvalue weighted by atomic mass is 10.1. The Morgan fingerprint density at radius 1 is 1.32 bits per heavy atom. The van der Waals surface area contributed by atoms with Crippen molar-refractivity contribution in [3.8, 4) is 17.1 Å². The van der Waals surface area contributed by atoms with Gasteiger partial charge in [0, 0.05) is 24.9 Å². The van der Waals surface area contributed by atoms with Crippen LogP contribution in [0.4, 0.5) is 4.39 Å². The Balaban J connectivity index is 1.41. The molecular weight excluding hydrogens is 448 g/mol. The second-order valence-electron chi connectivity index (χ2n) is 6.80. The number of nitrogens with zero attached hydrogens (tertiary/aromatic N) is 2. The first-order valence-electron chi connectivity index (χ1n) is 9.44. The van der Waals surface area contributed by atoms with Crippen LogP contribution in [0.3, 0.4) is 0 Å². The number of carbonyl (C=O) groups excluding carboxylic acids is 1. The Morgan fingerprint density at radius 3 is 2.90 bits per heavy atom. The average molecular weight is 468 g/mol. The van der Waals surface area contributed by atoms with Gasteiger partial charge < -0.3 is 19.7 Å². The van der Waals surface area contributed by atoms with Crippen LogP contribution in [0.25, 0.3) is 11.4 Å². The molecule has 31 heavy (non-hydrogen) atoms. The topological polar surface area (TPSA) is 97.5 Å². The fourth-order valence-corrected chi connectivity index (χ4v) is 2.98. The van der Waals surface area contributed by atoms with E-state index in [0.717, 1.165) is 0 Å². The minimum Gasteiger partial charge on any atom is -0.489 e. The molecule has 2 N–H and O–H groups in total. The van der Waals surface area contributed by atoms with Gasteiger partial charge in [0.15, 0.2) is 0 Å². The van der Waals surface area contributed by atoms with Crippen molar-refractivity contribution < 1.29 is 23.6 Å². The van der Waals surface area contributed by atoms with Crippen molar-refractivity contribution in [2.75, 3.05) is 13.2 Å². The molecule has 0 saturated heterocycles. The van der Waals surface area contributed by atoms with Crippen molar-refractivity contribution in [2.45, 2.75) is 25.9 Å². The quantitative estimate of drug-likeness (QED) is 0.493. The Morgan fingerprint density at radius 2 is 2.13 bits per heavy atom. The van der Waals surface area contributed by atoms with E-state index < -0.39 is 6.10 Å². The predicted octanol–water partition coefficient (Wildman–Crippen LogP) is 3.98. The van der Waals surface area contributed by atoms with Crippen molar-refractivity contribution in [1.82, 2.24) is 15.5 Å². The molecule has 2 aromatic carbocycles. The molecule has 7 nitrogen and oxygen atoms in total. The molecule has 1 aromatic heterocycles. The van der Waals surface area contributed by atoms with Gasteiger partial charge in [-0.1, -0.05) is 34.4 Å². The molecule has 0 fully saturated rings. The molecule has 0 aliphatic heterocycles. The SMILES string of the molecule is Cc1cc(-c2noc(CCC(=O)NCC(O)COc3cccc(Cl)c3Cl)n2)ccc1F. The first kappa shape index (κ1) is 23.0. The first-order chi connectivity index (χ1) is 14.8. The summed E-state index contributed by atoms with van der Waals surface area (Å²) in [5.74, 6) is 0.352. The number of hydrogen-bond donors (Lipinski definition) is 2. The Bertz CT molecular complexity index is 1060. The van der Waals surface area contributed by atoms with E-state index in [4.69, 9.17) is 32.5 Å². The van der Waals surface area contributed by atoms with E-state index in [9.17, 15) is 14.3 Å². The third-order valence-electron chi connectivity index (χ3n) is 4.33. The number of aliphatic hydroxyl groups excluding tert-OH is 1. The Labute approximate surface area is 188 Å². The number of amides is 1. The molecule has 1 unspecified atom stereocenters. The number of hydrogen-bond acceptors (Lipinski definition) is 6. The normalized spacial score (nSPS) is 11.9. The van der Waals surface area contributed by atoms with Crippen molar-refractivity contribution >= 4 is 29.1 Å². The van der Waals surface area contributed by atoms with Gasteiger partial charge in [-0.3, -0.25) is 4.79 Å². The maximum Gasteiger partial charge on any atom is 0.227 e. The fraction of sp³-hybridized carbons (Fsp3) is 0.286. The van der Waals surface area contributed by atoms with Crippen molar-refractivity contribution in [2.24, 2.45) is 0 Å². The number of nitrogens with one attached hydrogen (secondary N) is 1. The summed E-state index contributed by atoms with van der Waals surface area (Å²) in [6.07, 6.45) is -0.614. The summed E-state index contributed by atoms with van der Waals surface area (Å²) >= 11 is 11.9. The fourth-order valence-electron chi connectivity index (χ4n) is 2.64. The highest BCUT2D eigenvalue weighted by Gasteiger charge is 2.14. The van der Waals surface area contributed by atoms with Gasteiger partial charge in [-0.2, -0.15) is 4.98 Å². The number of aliphatic hydroxyl groups is 1. The molecular formula is C21H20Cl2FN3O4. The molecule has 1 amide bonds. The zero-order valence-electron chi connectivity index (χ0n) is 16.6. The predicted molar refractivity (Wildman–Crippen MR) is 114 cm³/mol. The number of benzene rings is 2. The van der Waals surface area contributed by atoms with E-state index >= 15 is 0 Å². The smallest absolute Gasteiger partial charge is 0.227 e. The molecule has 0 aliphatic rings. The first-order valence-corrected chi connectivity index (χ1v) is 10.2. The number of aryl methyl sites for hydroxylation is 2. The second-order valence-corrected chi connectivity index (χ2v) is 7.58. The van der Waals surface area contributed by atoms with Gasteiger partial charge in [0.25, 0.3) is 0 Å². The lowest BCUT2D eigenvalue weighted by Gasteiger charge is -2.14. The van der Waals surface area contributed by atoms with Crippen LogP contribution in [0, 0.1) is 12.7 Å². The zero-order valence-corrected chi connectivity index (χ0v) is 18.1. The highest BCUT2D eigenvalue weighted by Crippen LogP contribution is 2.31. The molecule has 1 heterocycles. The summed E-state index contributed by atoms with van der Waals surface area (Å²) < 4.78 is 24.0. The van der Waals surface area contributed by atoms with Gasteiger partial charge in [-0.05, 0) is 42.8 Å². The minimum atomic E-state index is -0.935. The largest absolute Gasteiger partial charge is 0.489 e. The van der Waals surface area contributed by atoms with Crippen LogP contribution in [0.1, 0.15) is 17.9 Å². The van der Waals surface area contributed by atoms with Gasteiger partial charge in [0.2, 0.25) is 17.6 Å². The number of carbonyl (C=O) groups is 1. The number of halogens is 3. The summed E-state index contributed by atoms with van der Waals surface area (Å²) in [5.41, 5.74) is 1.10. The highest BCUT2D eigenvalue weighted by atomic mass is 35.5. The van der Waals surface area contributed by atoms with E-state index in [-0.39, 0.29) is 48.6 Å². The third-order valence-corrected chi connectivity index (χ3v) is 5.13. The second kappa shape index (κ2) is 10.6. The van der Waals surface area contributed by atoms with Crippen LogP contribution >= 0.6 is 23.2 Å². The Kier molecular flexibility index (Phi) is 7.84. The monoisotopic (exact) mass is 467 g/mol. The van der Waals surface area contributed by atoms with Gasteiger partial charge in [0.05, 0.1) is 5.02 Å². The number of ether oxygens (including phenoxy) is 1. The zero-order chi connectivity index (χ0) is 22.4. The molecule has 164 valence electrons. The summed E-state index contributed by atoms with van der Waals surface area (Å²) in [4.78, 5) is 16.2. The molecule has 0 spiro atoms.